The standard InChI is InChI=1S/C11H10Cl4N2O2/c1-5(12)10(18)17(2)11(19)16-9-7(14)3-6(13)4-8(9)15/h3-4,18H,1-2H3,(H,16,19). The molecule has 0 spiro atoms. The lowest BCUT2D eigenvalue weighted by Gasteiger charge is -2.18. The van der Waals surface area contributed by atoms with E-state index in [1.807, 2.05) is 0 Å². The first-order chi connectivity index (χ1) is 8.73. The summed E-state index contributed by atoms with van der Waals surface area (Å²) in [5.74, 6) is -0.375. The van der Waals surface area contributed by atoms with Gasteiger partial charge in [-0.2, -0.15) is 0 Å². The van der Waals surface area contributed by atoms with Crippen LogP contribution in [0, 0.1) is 0 Å². The number of aliphatic hydroxyl groups is 1. The molecule has 0 aliphatic rings. The minimum atomic E-state index is -0.649. The van der Waals surface area contributed by atoms with Crippen LogP contribution in [0.25, 0.3) is 0 Å². The molecule has 0 saturated carbocycles. The van der Waals surface area contributed by atoms with Gasteiger partial charge >= 0.3 is 6.03 Å². The van der Waals surface area contributed by atoms with Crippen LogP contribution in [0.2, 0.25) is 15.1 Å². The summed E-state index contributed by atoms with van der Waals surface area (Å²) in [4.78, 5) is 12.8. The van der Waals surface area contributed by atoms with Crippen LogP contribution in [-0.2, 0) is 0 Å². The number of carbonyl (C=O) groups is 1. The molecule has 8 heteroatoms. The van der Waals surface area contributed by atoms with Gasteiger partial charge in [0.2, 0.25) is 5.88 Å². The molecule has 4 nitrogen and oxygen atoms in total. The summed E-state index contributed by atoms with van der Waals surface area (Å²) in [5, 5.41) is 12.8. The maximum Gasteiger partial charge on any atom is 0.328 e. The van der Waals surface area contributed by atoms with Crippen LogP contribution < -0.4 is 5.32 Å². The molecular weight excluding hydrogens is 334 g/mol. The van der Waals surface area contributed by atoms with Crippen molar-refractivity contribution in [1.82, 2.24) is 4.90 Å². The van der Waals surface area contributed by atoms with Crippen molar-refractivity contribution in [2.45, 2.75) is 6.92 Å². The van der Waals surface area contributed by atoms with Gasteiger partial charge in [0.15, 0.2) is 0 Å². The second-order valence-corrected chi connectivity index (χ2v) is 5.41. The second kappa shape index (κ2) is 6.57. The molecule has 2 N–H and O–H groups in total. The fourth-order valence-electron chi connectivity index (χ4n) is 1.18. The maximum atomic E-state index is 11.9. The summed E-state index contributed by atoms with van der Waals surface area (Å²) in [6.45, 7) is 1.45. The molecule has 0 unspecified atom stereocenters. The summed E-state index contributed by atoms with van der Waals surface area (Å²) in [5.41, 5.74) is 0.199. The summed E-state index contributed by atoms with van der Waals surface area (Å²) in [6, 6.07) is 2.23. The largest absolute Gasteiger partial charge is 0.494 e. The number of aliphatic hydroxyl groups excluding tert-OH is 1. The van der Waals surface area contributed by atoms with Gasteiger partial charge in [-0.05, 0) is 19.1 Å². The summed E-state index contributed by atoms with van der Waals surface area (Å²) in [6.07, 6.45) is 0. The molecule has 0 bridgehead atoms. The van der Waals surface area contributed by atoms with Crippen LogP contribution in [0.1, 0.15) is 6.92 Å². The Morgan fingerprint density at radius 2 is 1.74 bits per heavy atom. The molecule has 0 saturated heterocycles. The van der Waals surface area contributed by atoms with Crippen LogP contribution in [0.4, 0.5) is 10.5 Å². The van der Waals surface area contributed by atoms with E-state index >= 15 is 0 Å². The third kappa shape index (κ3) is 4.08. The second-order valence-electron chi connectivity index (χ2n) is 3.59. The predicted molar refractivity (Wildman–Crippen MR) is 79.4 cm³/mol. The van der Waals surface area contributed by atoms with Gasteiger partial charge in [0.05, 0.1) is 20.8 Å². The molecule has 19 heavy (non-hydrogen) atoms. The van der Waals surface area contributed by atoms with E-state index in [-0.39, 0.29) is 26.6 Å². The third-order valence-electron chi connectivity index (χ3n) is 2.17. The number of rotatable bonds is 2. The fourth-order valence-corrected chi connectivity index (χ4v) is 2.22. The van der Waals surface area contributed by atoms with E-state index in [2.05, 4.69) is 5.32 Å². The number of hydrogen-bond donors (Lipinski definition) is 2. The molecule has 0 aromatic heterocycles. The highest BCUT2D eigenvalue weighted by Gasteiger charge is 2.17. The first-order valence-electron chi connectivity index (χ1n) is 4.98. The minimum Gasteiger partial charge on any atom is -0.494 e. The van der Waals surface area contributed by atoms with Crippen molar-refractivity contribution in [2.75, 3.05) is 12.4 Å². The molecular formula is C11H10Cl4N2O2. The maximum absolute atomic E-state index is 11.9. The Labute approximate surface area is 130 Å². The van der Waals surface area contributed by atoms with E-state index in [1.165, 1.54) is 26.1 Å². The molecule has 0 atom stereocenters. The lowest BCUT2D eigenvalue weighted by Crippen LogP contribution is -2.31. The lowest BCUT2D eigenvalue weighted by molar-refractivity contribution is 0.204. The monoisotopic (exact) mass is 342 g/mol. The SMILES string of the molecule is CC(Cl)=C(O)N(C)C(=O)Nc1c(Cl)cc(Cl)cc1Cl. The Balaban J connectivity index is 2.99. The van der Waals surface area contributed by atoms with Crippen molar-refractivity contribution < 1.29 is 9.90 Å². The molecule has 0 aliphatic carbocycles. The number of halogens is 4. The lowest BCUT2D eigenvalue weighted by atomic mass is 10.3. The predicted octanol–water partition coefficient (Wildman–Crippen LogP) is 5.10. The van der Waals surface area contributed by atoms with Crippen LogP contribution in [0.15, 0.2) is 23.0 Å². The van der Waals surface area contributed by atoms with Crippen molar-refractivity contribution in [3.05, 3.63) is 38.1 Å². The average Bonchev–Trinajstić information content (AvgIpc) is 2.31. The molecule has 104 valence electrons. The minimum absolute atomic E-state index is 0.0750. The van der Waals surface area contributed by atoms with E-state index in [1.54, 1.807) is 0 Å². The highest BCUT2D eigenvalue weighted by Crippen LogP contribution is 2.33. The molecule has 0 fully saturated rings. The number of hydrogen-bond acceptors (Lipinski definition) is 2. The highest BCUT2D eigenvalue weighted by molar-refractivity contribution is 6.42. The first kappa shape index (κ1) is 16.2. The Morgan fingerprint density at radius 3 is 2.16 bits per heavy atom. The van der Waals surface area contributed by atoms with Gasteiger partial charge in [-0.25, -0.2) is 4.79 Å². The fraction of sp³-hybridized carbons (Fsp3) is 0.182. The number of benzene rings is 1. The van der Waals surface area contributed by atoms with E-state index < -0.39 is 6.03 Å². The number of allylic oxidation sites excluding steroid dienone is 1. The van der Waals surface area contributed by atoms with Crippen molar-refractivity contribution >= 4 is 58.1 Å². The molecule has 1 aromatic carbocycles. The van der Waals surface area contributed by atoms with Gasteiger partial charge in [0, 0.05) is 12.1 Å². The Bertz CT molecular complexity index is 518. The van der Waals surface area contributed by atoms with Gasteiger partial charge in [-0.1, -0.05) is 46.4 Å². The molecule has 0 radical (unpaired) electrons. The average molecular weight is 344 g/mol. The van der Waals surface area contributed by atoms with Crippen molar-refractivity contribution in [1.29, 1.82) is 0 Å². The molecule has 0 heterocycles. The Morgan fingerprint density at radius 1 is 1.26 bits per heavy atom. The quantitative estimate of drug-likeness (QED) is 0.734. The smallest absolute Gasteiger partial charge is 0.328 e. The molecule has 1 rings (SSSR count). The first-order valence-corrected chi connectivity index (χ1v) is 6.49. The van der Waals surface area contributed by atoms with Crippen molar-refractivity contribution in [2.24, 2.45) is 0 Å². The number of nitrogens with one attached hydrogen (secondary N) is 1. The number of urea groups is 1. The van der Waals surface area contributed by atoms with Crippen molar-refractivity contribution in [3.8, 4) is 0 Å². The highest BCUT2D eigenvalue weighted by atomic mass is 35.5. The van der Waals surface area contributed by atoms with Crippen LogP contribution >= 0.6 is 46.4 Å². The zero-order valence-corrected chi connectivity index (χ0v) is 13.0. The number of anilines is 1. The summed E-state index contributed by atoms with van der Waals surface area (Å²) < 4.78 is 0. The van der Waals surface area contributed by atoms with Gasteiger partial charge in [0.25, 0.3) is 0 Å². The number of nitrogens with zero attached hydrogens (tertiary/aromatic N) is 1. The summed E-state index contributed by atoms with van der Waals surface area (Å²) in [7, 11) is 1.34. The van der Waals surface area contributed by atoms with E-state index in [0.717, 1.165) is 4.90 Å². The summed E-state index contributed by atoms with van der Waals surface area (Å²) >= 11 is 23.2. The molecule has 1 aromatic rings. The van der Waals surface area contributed by atoms with Gasteiger partial charge in [-0.15, -0.1) is 0 Å². The van der Waals surface area contributed by atoms with Crippen LogP contribution in [0.3, 0.4) is 0 Å². The Kier molecular flexibility index (Phi) is 5.62. The normalized spacial score (nSPS) is 11.9. The van der Waals surface area contributed by atoms with E-state index in [9.17, 15) is 9.90 Å². The number of carbonyl (C=O) groups excluding carboxylic acids is 1. The van der Waals surface area contributed by atoms with Crippen LogP contribution in [0.5, 0.6) is 0 Å². The Hall–Kier alpha value is -0.810. The molecule has 0 aliphatic heterocycles. The zero-order valence-electron chi connectivity index (χ0n) is 9.97. The molecule has 2 amide bonds. The van der Waals surface area contributed by atoms with Crippen LogP contribution in [-0.4, -0.2) is 23.1 Å². The van der Waals surface area contributed by atoms with Crippen molar-refractivity contribution in [3.63, 3.8) is 0 Å². The van der Waals surface area contributed by atoms with Gasteiger partial charge in [-0.3, -0.25) is 4.90 Å². The van der Waals surface area contributed by atoms with E-state index in [0.29, 0.717) is 5.02 Å². The topological polar surface area (TPSA) is 52.6 Å². The zero-order chi connectivity index (χ0) is 14.7. The van der Waals surface area contributed by atoms with Gasteiger partial charge < -0.3 is 10.4 Å². The van der Waals surface area contributed by atoms with Gasteiger partial charge in [0.1, 0.15) is 0 Å². The number of amides is 2. The third-order valence-corrected chi connectivity index (χ3v) is 3.15. The van der Waals surface area contributed by atoms with E-state index in [4.69, 9.17) is 46.4 Å².